The molecule has 0 atom stereocenters. The average molecular weight is 300 g/mol. The van der Waals surface area contributed by atoms with Crippen LogP contribution in [0.1, 0.15) is 23.8 Å². The van der Waals surface area contributed by atoms with Gasteiger partial charge < -0.3 is 0 Å². The Kier molecular flexibility index (Phi) is 1.86. The van der Waals surface area contributed by atoms with Gasteiger partial charge in [0.1, 0.15) is 12.9 Å². The van der Waals surface area contributed by atoms with Crippen molar-refractivity contribution in [3.63, 3.8) is 0 Å². The maximum atomic E-state index is 8.24. The number of benzene rings is 2. The maximum Gasteiger partial charge on any atom is 0.159 e. The molecule has 0 N–H and O–H groups in total. The van der Waals surface area contributed by atoms with Crippen molar-refractivity contribution >= 4 is 17.3 Å². The Morgan fingerprint density at radius 3 is 2.90 bits per heavy atom. The van der Waals surface area contributed by atoms with Crippen LogP contribution < -0.4 is 0 Å². The summed E-state index contributed by atoms with van der Waals surface area (Å²) < 4.78 is 41.8. The van der Waals surface area contributed by atoms with E-state index in [0.29, 0.717) is 22.1 Å². The summed E-state index contributed by atoms with van der Waals surface area (Å²) in [6.07, 6.45) is 1.54. The number of hydrogen-bond donors (Lipinski definition) is 0. The topological polar surface area (TPSA) is 43.1 Å². The van der Waals surface area contributed by atoms with Crippen LogP contribution in [0.4, 0.5) is 0 Å². The van der Waals surface area contributed by atoms with E-state index in [0.717, 1.165) is 0 Å². The van der Waals surface area contributed by atoms with Gasteiger partial charge in [-0.2, -0.15) is 0 Å². The molecule has 2 aromatic carbocycles. The van der Waals surface area contributed by atoms with Gasteiger partial charge in [-0.25, -0.2) is 0 Å². The first-order valence-electron chi connectivity index (χ1n) is 8.71. The van der Waals surface area contributed by atoms with Gasteiger partial charge >= 0.3 is 0 Å². The number of aliphatic imine (C=N–C) groups is 1. The standard InChI is InChI=1S/C16H11ClN4/c17-12-6-7-14-13(8-12)16(11-4-2-1-3-5-11)18-9-15-20-19-10-21(14)15/h1-8,10H,9H2/i1D,2D,3D,4D,5D. The second kappa shape index (κ2) is 4.82. The molecular formula is C16H11ClN4. The molecule has 102 valence electrons. The zero-order valence-corrected chi connectivity index (χ0v) is 11.4. The van der Waals surface area contributed by atoms with Gasteiger partial charge in [0.25, 0.3) is 0 Å². The zero-order valence-electron chi connectivity index (χ0n) is 15.7. The minimum atomic E-state index is -0.443. The van der Waals surface area contributed by atoms with E-state index in [1.54, 1.807) is 29.1 Å². The molecule has 0 bridgehead atoms. The predicted octanol–water partition coefficient (Wildman–Crippen LogP) is 3.27. The summed E-state index contributed by atoms with van der Waals surface area (Å²) in [4.78, 5) is 4.49. The first-order valence-corrected chi connectivity index (χ1v) is 6.59. The average Bonchev–Trinajstić information content (AvgIpc) is 3.04. The van der Waals surface area contributed by atoms with Crippen molar-refractivity contribution in [3.05, 3.63) is 76.7 Å². The highest BCUT2D eigenvalue weighted by Gasteiger charge is 2.19. The lowest BCUT2D eigenvalue weighted by Crippen LogP contribution is -2.06. The SMILES string of the molecule is [2H]c1c([2H])c([2H])c(C2=NCc3nncn3-c3ccc(Cl)cc32)c([2H])c1[2H]. The van der Waals surface area contributed by atoms with Crippen LogP contribution in [0.2, 0.25) is 5.02 Å². The number of nitrogens with zero attached hydrogens (tertiary/aromatic N) is 4. The minimum absolute atomic E-state index is 0.0400. The highest BCUT2D eigenvalue weighted by molar-refractivity contribution is 6.31. The maximum absolute atomic E-state index is 8.24. The van der Waals surface area contributed by atoms with Gasteiger partial charge in [-0.05, 0) is 18.2 Å². The summed E-state index contributed by atoms with van der Waals surface area (Å²) in [7, 11) is 0. The van der Waals surface area contributed by atoms with E-state index in [-0.39, 0.29) is 29.9 Å². The monoisotopic (exact) mass is 299 g/mol. The molecule has 0 saturated carbocycles. The molecule has 1 aliphatic heterocycles. The van der Waals surface area contributed by atoms with Crippen LogP contribution in [0, 0.1) is 0 Å². The van der Waals surface area contributed by atoms with Crippen LogP contribution >= 0.6 is 11.6 Å². The zero-order chi connectivity index (χ0) is 18.6. The van der Waals surface area contributed by atoms with Crippen molar-refractivity contribution in [1.29, 1.82) is 0 Å². The van der Waals surface area contributed by atoms with Gasteiger partial charge in [0.15, 0.2) is 5.82 Å². The van der Waals surface area contributed by atoms with Gasteiger partial charge in [0.2, 0.25) is 0 Å². The number of halogens is 1. The van der Waals surface area contributed by atoms with Crippen molar-refractivity contribution in [1.82, 2.24) is 14.8 Å². The first kappa shape index (κ1) is 8.10. The summed E-state index contributed by atoms with van der Waals surface area (Å²) in [6, 6.07) is 3.26. The van der Waals surface area contributed by atoms with Gasteiger partial charge in [-0.15, -0.1) is 10.2 Å². The number of fused-ring (bicyclic) bond motifs is 3. The van der Waals surface area contributed by atoms with Crippen LogP contribution in [0.5, 0.6) is 0 Å². The lowest BCUT2D eigenvalue weighted by atomic mass is 10.0. The van der Waals surface area contributed by atoms with Gasteiger partial charge in [0, 0.05) is 16.1 Å². The molecule has 0 fully saturated rings. The fourth-order valence-corrected chi connectivity index (χ4v) is 2.47. The van der Waals surface area contributed by atoms with E-state index >= 15 is 0 Å². The second-order valence-corrected chi connectivity index (χ2v) is 4.88. The molecule has 4 rings (SSSR count). The van der Waals surface area contributed by atoms with E-state index in [9.17, 15) is 0 Å². The van der Waals surface area contributed by atoms with Gasteiger partial charge in [-0.3, -0.25) is 9.56 Å². The fourth-order valence-electron chi connectivity index (χ4n) is 2.29. The fraction of sp³-hybridized carbons (Fsp3) is 0.0625. The lowest BCUT2D eigenvalue weighted by molar-refractivity contribution is 0.870. The van der Waals surface area contributed by atoms with Crippen LogP contribution in [-0.2, 0) is 6.54 Å². The molecule has 5 heteroatoms. The minimum Gasteiger partial charge on any atom is -0.283 e. The molecular weight excluding hydrogens is 284 g/mol. The summed E-state index contributed by atoms with van der Waals surface area (Å²) >= 11 is 6.16. The third-order valence-corrected chi connectivity index (χ3v) is 3.44. The van der Waals surface area contributed by atoms with Crippen molar-refractivity contribution in [2.24, 2.45) is 4.99 Å². The Balaban J connectivity index is 2.07. The molecule has 0 aliphatic carbocycles. The van der Waals surface area contributed by atoms with Crippen molar-refractivity contribution in [3.8, 4) is 5.69 Å². The quantitative estimate of drug-likeness (QED) is 0.692. The lowest BCUT2D eigenvalue weighted by Gasteiger charge is -2.11. The third-order valence-electron chi connectivity index (χ3n) is 3.21. The molecule has 3 aromatic rings. The summed E-state index contributed by atoms with van der Waals surface area (Å²) in [5.41, 5.74) is 1.55. The number of hydrogen-bond acceptors (Lipinski definition) is 3. The summed E-state index contributed by atoms with van der Waals surface area (Å²) in [6.45, 7) is 0.157. The number of aromatic nitrogens is 3. The molecule has 0 spiro atoms. The third kappa shape index (κ3) is 2.04. The highest BCUT2D eigenvalue weighted by Crippen LogP contribution is 2.26. The van der Waals surface area contributed by atoms with Crippen molar-refractivity contribution < 1.29 is 6.85 Å². The Morgan fingerprint density at radius 1 is 1.19 bits per heavy atom. The van der Waals surface area contributed by atoms with E-state index in [1.165, 1.54) is 0 Å². The highest BCUT2D eigenvalue weighted by atomic mass is 35.5. The predicted molar refractivity (Wildman–Crippen MR) is 82.2 cm³/mol. The first-order chi connectivity index (χ1) is 12.4. The normalized spacial score (nSPS) is 16.4. The molecule has 0 radical (unpaired) electrons. The molecule has 2 heterocycles. The van der Waals surface area contributed by atoms with Crippen LogP contribution in [0.3, 0.4) is 0 Å². The Bertz CT molecular complexity index is 1060. The molecule has 1 aliphatic rings. The van der Waals surface area contributed by atoms with E-state index < -0.39 is 18.1 Å². The van der Waals surface area contributed by atoms with E-state index in [2.05, 4.69) is 15.2 Å². The Hall–Kier alpha value is -2.46. The van der Waals surface area contributed by atoms with Gasteiger partial charge in [0.05, 0.1) is 18.3 Å². The van der Waals surface area contributed by atoms with E-state index in [1.807, 2.05) is 0 Å². The second-order valence-electron chi connectivity index (χ2n) is 4.44. The van der Waals surface area contributed by atoms with Crippen molar-refractivity contribution in [2.75, 3.05) is 0 Å². The van der Waals surface area contributed by atoms with Crippen LogP contribution in [0.25, 0.3) is 5.69 Å². The van der Waals surface area contributed by atoms with E-state index in [4.69, 9.17) is 18.5 Å². The number of rotatable bonds is 1. The molecule has 0 unspecified atom stereocenters. The molecule has 4 nitrogen and oxygen atoms in total. The summed E-state index contributed by atoms with van der Waals surface area (Å²) in [5, 5.41) is 8.37. The Morgan fingerprint density at radius 2 is 2.05 bits per heavy atom. The van der Waals surface area contributed by atoms with Crippen LogP contribution in [0.15, 0.2) is 59.7 Å². The Labute approximate surface area is 133 Å². The molecule has 0 saturated heterocycles. The van der Waals surface area contributed by atoms with Gasteiger partial charge in [-0.1, -0.05) is 41.8 Å². The molecule has 21 heavy (non-hydrogen) atoms. The molecule has 1 aromatic heterocycles. The molecule has 0 amide bonds. The smallest absolute Gasteiger partial charge is 0.159 e. The largest absolute Gasteiger partial charge is 0.283 e. The van der Waals surface area contributed by atoms with Crippen LogP contribution in [-0.4, -0.2) is 20.5 Å². The van der Waals surface area contributed by atoms with Crippen molar-refractivity contribution in [2.45, 2.75) is 6.54 Å². The summed E-state index contributed by atoms with van der Waals surface area (Å²) in [5.74, 6) is 0.580.